The van der Waals surface area contributed by atoms with Crippen LogP contribution in [-0.2, 0) is 14.4 Å². The van der Waals surface area contributed by atoms with Crippen LogP contribution in [0.2, 0.25) is 0 Å². The molecule has 2 atom stereocenters. The molecule has 0 saturated carbocycles. The summed E-state index contributed by atoms with van der Waals surface area (Å²) in [4.78, 5) is 35.2. The first-order valence-corrected chi connectivity index (χ1v) is 5.70. The first-order chi connectivity index (χ1) is 7.91. The third-order valence-corrected chi connectivity index (χ3v) is 2.97. The quantitative estimate of drug-likeness (QED) is 0.719. The molecule has 0 aromatic heterocycles. The summed E-state index contributed by atoms with van der Waals surface area (Å²) in [6.45, 7) is 3.95. The monoisotopic (exact) mass is 242 g/mol. The lowest BCUT2D eigenvalue weighted by molar-refractivity contribution is -0.143. The van der Waals surface area contributed by atoms with E-state index in [0.29, 0.717) is 19.5 Å². The highest BCUT2D eigenvalue weighted by molar-refractivity contribution is 5.85. The second-order valence-corrected chi connectivity index (χ2v) is 4.37. The van der Waals surface area contributed by atoms with E-state index in [9.17, 15) is 14.4 Å². The summed E-state index contributed by atoms with van der Waals surface area (Å²) in [5.41, 5.74) is 0. The minimum absolute atomic E-state index is 0.0474. The fourth-order valence-corrected chi connectivity index (χ4v) is 1.87. The molecule has 1 aliphatic rings. The van der Waals surface area contributed by atoms with E-state index >= 15 is 0 Å². The van der Waals surface area contributed by atoms with Crippen molar-refractivity contribution in [2.45, 2.75) is 32.7 Å². The van der Waals surface area contributed by atoms with Gasteiger partial charge in [0.25, 0.3) is 0 Å². The average molecular weight is 242 g/mol. The van der Waals surface area contributed by atoms with Gasteiger partial charge in [-0.3, -0.25) is 14.4 Å². The number of nitrogens with zero attached hydrogens (tertiary/aromatic N) is 1. The van der Waals surface area contributed by atoms with E-state index in [0.717, 1.165) is 6.42 Å². The van der Waals surface area contributed by atoms with Crippen molar-refractivity contribution in [3.63, 3.8) is 0 Å². The maximum Gasteiger partial charge on any atom is 0.325 e. The largest absolute Gasteiger partial charge is 0.480 e. The van der Waals surface area contributed by atoms with E-state index in [1.807, 2.05) is 0 Å². The van der Waals surface area contributed by atoms with Crippen molar-refractivity contribution >= 4 is 17.8 Å². The highest BCUT2D eigenvalue weighted by atomic mass is 16.4. The molecular formula is C11H18N2O4. The van der Waals surface area contributed by atoms with Gasteiger partial charge in [-0.2, -0.15) is 0 Å². The van der Waals surface area contributed by atoms with Crippen LogP contribution >= 0.6 is 0 Å². The maximum atomic E-state index is 11.8. The molecule has 1 aliphatic heterocycles. The van der Waals surface area contributed by atoms with Crippen LogP contribution in [0.15, 0.2) is 0 Å². The van der Waals surface area contributed by atoms with Crippen molar-refractivity contribution in [1.29, 1.82) is 0 Å². The zero-order chi connectivity index (χ0) is 13.0. The number of nitrogens with one attached hydrogen (secondary N) is 1. The fourth-order valence-electron chi connectivity index (χ4n) is 1.87. The molecule has 0 bridgehead atoms. The van der Waals surface area contributed by atoms with Gasteiger partial charge in [0.05, 0.1) is 5.92 Å². The molecule has 2 N–H and O–H groups in total. The minimum Gasteiger partial charge on any atom is -0.480 e. The Balaban J connectivity index is 2.52. The Morgan fingerprint density at radius 3 is 2.59 bits per heavy atom. The molecule has 1 fully saturated rings. The van der Waals surface area contributed by atoms with Crippen LogP contribution in [0.25, 0.3) is 0 Å². The van der Waals surface area contributed by atoms with Crippen LogP contribution < -0.4 is 5.32 Å². The third-order valence-electron chi connectivity index (χ3n) is 2.97. The normalized spacial score (nSPS) is 21.8. The third kappa shape index (κ3) is 3.72. The van der Waals surface area contributed by atoms with Crippen molar-refractivity contribution in [2.24, 2.45) is 5.92 Å². The summed E-state index contributed by atoms with van der Waals surface area (Å²) < 4.78 is 0. The highest BCUT2D eigenvalue weighted by Crippen LogP contribution is 2.16. The van der Waals surface area contributed by atoms with Crippen LogP contribution in [0.1, 0.15) is 26.7 Å². The molecule has 1 rings (SSSR count). The molecule has 0 aliphatic carbocycles. The van der Waals surface area contributed by atoms with E-state index in [1.54, 1.807) is 4.90 Å². The van der Waals surface area contributed by atoms with E-state index in [2.05, 4.69) is 5.32 Å². The number of aliphatic carboxylic acids is 1. The van der Waals surface area contributed by atoms with Crippen molar-refractivity contribution in [3.8, 4) is 0 Å². The first-order valence-electron chi connectivity index (χ1n) is 5.70. The summed E-state index contributed by atoms with van der Waals surface area (Å²) >= 11 is 0. The van der Waals surface area contributed by atoms with Gasteiger partial charge < -0.3 is 15.3 Å². The summed E-state index contributed by atoms with van der Waals surface area (Å²) in [6.07, 6.45) is 1.47. The molecule has 6 nitrogen and oxygen atoms in total. The lowest BCUT2D eigenvalue weighted by Crippen LogP contribution is -2.48. The number of carboxylic acids is 1. The zero-order valence-corrected chi connectivity index (χ0v) is 10.1. The number of hydrogen-bond acceptors (Lipinski definition) is 3. The Bertz CT molecular complexity index is 329. The summed E-state index contributed by atoms with van der Waals surface area (Å²) in [7, 11) is 0. The highest BCUT2D eigenvalue weighted by Gasteiger charge is 2.28. The van der Waals surface area contributed by atoms with Gasteiger partial charge in [-0.15, -0.1) is 0 Å². The van der Waals surface area contributed by atoms with Crippen molar-refractivity contribution in [3.05, 3.63) is 0 Å². The molecule has 0 aromatic rings. The smallest absolute Gasteiger partial charge is 0.325 e. The van der Waals surface area contributed by atoms with Gasteiger partial charge in [-0.25, -0.2) is 0 Å². The minimum atomic E-state index is -1.06. The maximum absolute atomic E-state index is 11.8. The van der Waals surface area contributed by atoms with Gasteiger partial charge in [0.1, 0.15) is 6.04 Å². The van der Waals surface area contributed by atoms with Gasteiger partial charge in [0.2, 0.25) is 11.8 Å². The van der Waals surface area contributed by atoms with Gasteiger partial charge >= 0.3 is 5.97 Å². The molecule has 0 aromatic carbocycles. The van der Waals surface area contributed by atoms with Crippen LogP contribution in [0.5, 0.6) is 0 Å². The Labute approximate surface area is 100.0 Å². The number of hydrogen-bond donors (Lipinski definition) is 2. The molecule has 17 heavy (non-hydrogen) atoms. The van der Waals surface area contributed by atoms with E-state index in [1.165, 1.54) is 13.8 Å². The average Bonchev–Trinajstić information content (AvgIpc) is 2.28. The number of rotatable bonds is 3. The summed E-state index contributed by atoms with van der Waals surface area (Å²) in [6, 6.07) is -0.893. The van der Waals surface area contributed by atoms with Crippen LogP contribution in [0.4, 0.5) is 0 Å². The fraction of sp³-hybridized carbons (Fsp3) is 0.727. The van der Waals surface area contributed by atoms with Gasteiger partial charge in [-0.05, 0) is 19.8 Å². The topological polar surface area (TPSA) is 86.7 Å². The Kier molecular flexibility index (Phi) is 4.48. The second-order valence-electron chi connectivity index (χ2n) is 4.37. The van der Waals surface area contributed by atoms with E-state index in [4.69, 9.17) is 5.11 Å². The Morgan fingerprint density at radius 1 is 1.41 bits per heavy atom. The summed E-state index contributed by atoms with van der Waals surface area (Å²) in [5.74, 6) is -1.69. The summed E-state index contributed by atoms with van der Waals surface area (Å²) in [5, 5.41) is 11.1. The number of carbonyl (C=O) groups excluding carboxylic acids is 2. The molecule has 0 spiro atoms. The van der Waals surface area contributed by atoms with Crippen molar-refractivity contribution in [1.82, 2.24) is 10.2 Å². The van der Waals surface area contributed by atoms with E-state index < -0.39 is 12.0 Å². The molecule has 1 saturated heterocycles. The number of carbonyl (C=O) groups is 3. The second kappa shape index (κ2) is 5.65. The first kappa shape index (κ1) is 13.5. The number of amides is 2. The molecule has 2 unspecified atom stereocenters. The predicted octanol–water partition coefficient (Wildman–Crippen LogP) is -0.166. The van der Waals surface area contributed by atoms with E-state index in [-0.39, 0.29) is 17.7 Å². The van der Waals surface area contributed by atoms with Crippen LogP contribution in [0, 0.1) is 5.92 Å². The molecule has 96 valence electrons. The van der Waals surface area contributed by atoms with Gasteiger partial charge in [0, 0.05) is 20.0 Å². The SMILES string of the molecule is CC(=O)N1CCCC(C(=O)NC(C)C(=O)O)C1. The number of carboxylic acid groups (broad SMARTS) is 1. The molecule has 6 heteroatoms. The van der Waals surface area contributed by atoms with Gasteiger partial charge in [0.15, 0.2) is 0 Å². The molecular weight excluding hydrogens is 224 g/mol. The Hall–Kier alpha value is -1.59. The zero-order valence-electron chi connectivity index (χ0n) is 10.1. The van der Waals surface area contributed by atoms with Gasteiger partial charge in [-0.1, -0.05) is 0 Å². The van der Waals surface area contributed by atoms with Crippen molar-refractivity contribution < 1.29 is 19.5 Å². The number of likely N-dealkylation sites (tertiary alicyclic amines) is 1. The van der Waals surface area contributed by atoms with Crippen LogP contribution in [0.3, 0.4) is 0 Å². The molecule has 0 radical (unpaired) electrons. The lowest BCUT2D eigenvalue weighted by atomic mass is 9.97. The standard InChI is InChI=1S/C11H18N2O4/c1-7(11(16)17)12-10(15)9-4-3-5-13(6-9)8(2)14/h7,9H,3-6H2,1-2H3,(H,12,15)(H,16,17). The Morgan fingerprint density at radius 2 is 2.06 bits per heavy atom. The number of piperidine rings is 1. The molecule has 2 amide bonds. The van der Waals surface area contributed by atoms with Crippen LogP contribution in [-0.4, -0.2) is 46.9 Å². The lowest BCUT2D eigenvalue weighted by Gasteiger charge is -2.31. The predicted molar refractivity (Wildman–Crippen MR) is 60.2 cm³/mol. The molecule has 1 heterocycles. The van der Waals surface area contributed by atoms with Crippen molar-refractivity contribution in [2.75, 3.05) is 13.1 Å².